The Hall–Kier alpha value is -3.13. The zero-order chi connectivity index (χ0) is 16.8. The summed E-state index contributed by atoms with van der Waals surface area (Å²) in [4.78, 5) is 25.3. The average Bonchev–Trinajstić information content (AvgIpc) is 2.61. The molecule has 0 saturated carbocycles. The van der Waals surface area contributed by atoms with E-state index in [0.717, 1.165) is 5.56 Å². The summed E-state index contributed by atoms with van der Waals surface area (Å²) >= 11 is 0. The summed E-state index contributed by atoms with van der Waals surface area (Å²) in [6.45, 7) is 0.400. The lowest BCUT2D eigenvalue weighted by atomic mass is 10.1. The van der Waals surface area contributed by atoms with Gasteiger partial charge >= 0.3 is 5.97 Å². The van der Waals surface area contributed by atoms with Crippen LogP contribution in [0.2, 0.25) is 0 Å². The smallest absolute Gasteiger partial charge is 0.337 e. The van der Waals surface area contributed by atoms with Gasteiger partial charge in [-0.15, -0.1) is 0 Å². The molecule has 0 heterocycles. The quantitative estimate of drug-likeness (QED) is 0.814. The van der Waals surface area contributed by atoms with Gasteiger partial charge in [0, 0.05) is 19.2 Å². The van der Waals surface area contributed by atoms with Gasteiger partial charge in [-0.3, -0.25) is 4.79 Å². The van der Waals surface area contributed by atoms with Crippen LogP contribution in [0.1, 0.15) is 31.8 Å². The SMILES string of the molecule is COC(=O)c1ccc(CN(C)C(=O)c2cccc(C#N)c2)cc1. The largest absolute Gasteiger partial charge is 0.465 e. The Morgan fingerprint density at radius 1 is 1.13 bits per heavy atom. The fraction of sp³-hybridized carbons (Fsp3) is 0.167. The third kappa shape index (κ3) is 3.95. The Bertz CT molecular complexity index is 761. The highest BCUT2D eigenvalue weighted by Crippen LogP contribution is 2.11. The number of carbonyl (C=O) groups is 2. The Morgan fingerprint density at radius 3 is 2.43 bits per heavy atom. The van der Waals surface area contributed by atoms with Crippen LogP contribution >= 0.6 is 0 Å². The van der Waals surface area contributed by atoms with Crippen LogP contribution in [0.3, 0.4) is 0 Å². The summed E-state index contributed by atoms with van der Waals surface area (Å²) in [6.07, 6.45) is 0. The van der Waals surface area contributed by atoms with Gasteiger partial charge in [0.15, 0.2) is 0 Å². The van der Waals surface area contributed by atoms with Gasteiger partial charge in [-0.25, -0.2) is 4.79 Å². The first-order valence-electron chi connectivity index (χ1n) is 6.98. The van der Waals surface area contributed by atoms with E-state index in [1.807, 2.05) is 6.07 Å². The van der Waals surface area contributed by atoms with E-state index in [0.29, 0.717) is 23.2 Å². The molecule has 0 saturated heterocycles. The van der Waals surface area contributed by atoms with Gasteiger partial charge in [-0.1, -0.05) is 18.2 Å². The van der Waals surface area contributed by atoms with Crippen LogP contribution in [0.4, 0.5) is 0 Å². The lowest BCUT2D eigenvalue weighted by molar-refractivity contribution is 0.0600. The van der Waals surface area contributed by atoms with E-state index in [4.69, 9.17) is 5.26 Å². The van der Waals surface area contributed by atoms with Crippen LogP contribution in [0, 0.1) is 11.3 Å². The number of carbonyl (C=O) groups excluding carboxylic acids is 2. The molecule has 0 bridgehead atoms. The maximum Gasteiger partial charge on any atom is 0.337 e. The van der Waals surface area contributed by atoms with E-state index in [1.165, 1.54) is 7.11 Å². The van der Waals surface area contributed by atoms with Crippen molar-refractivity contribution in [3.63, 3.8) is 0 Å². The summed E-state index contributed by atoms with van der Waals surface area (Å²) in [5.74, 6) is -0.562. The van der Waals surface area contributed by atoms with Crippen LogP contribution < -0.4 is 0 Å². The number of amides is 1. The predicted octanol–water partition coefficient (Wildman–Crippen LogP) is 2.62. The zero-order valence-corrected chi connectivity index (χ0v) is 12.9. The first kappa shape index (κ1) is 16.2. The molecule has 0 aliphatic heterocycles. The Morgan fingerprint density at radius 2 is 1.83 bits per heavy atom. The van der Waals surface area contributed by atoms with Crippen molar-refractivity contribution in [3.05, 3.63) is 70.8 Å². The number of hydrogen-bond acceptors (Lipinski definition) is 4. The van der Waals surface area contributed by atoms with Gasteiger partial charge < -0.3 is 9.64 Å². The third-order valence-electron chi connectivity index (χ3n) is 3.38. The fourth-order valence-electron chi connectivity index (χ4n) is 2.15. The lowest BCUT2D eigenvalue weighted by Gasteiger charge is -2.17. The monoisotopic (exact) mass is 308 g/mol. The van der Waals surface area contributed by atoms with Gasteiger partial charge in [0.05, 0.1) is 24.3 Å². The molecule has 0 atom stereocenters. The third-order valence-corrected chi connectivity index (χ3v) is 3.38. The molecule has 23 heavy (non-hydrogen) atoms. The van der Waals surface area contributed by atoms with Crippen molar-refractivity contribution in [2.45, 2.75) is 6.54 Å². The van der Waals surface area contributed by atoms with Crippen LogP contribution in [-0.4, -0.2) is 30.9 Å². The normalized spacial score (nSPS) is 9.78. The topological polar surface area (TPSA) is 70.4 Å². The number of methoxy groups -OCH3 is 1. The van der Waals surface area contributed by atoms with Gasteiger partial charge in [0.25, 0.3) is 5.91 Å². The molecule has 0 aliphatic rings. The second kappa shape index (κ2) is 7.23. The minimum atomic E-state index is -0.394. The van der Waals surface area contributed by atoms with E-state index in [2.05, 4.69) is 4.74 Å². The molecule has 0 unspecified atom stereocenters. The van der Waals surface area contributed by atoms with Crippen molar-refractivity contribution in [1.29, 1.82) is 5.26 Å². The first-order valence-corrected chi connectivity index (χ1v) is 6.98. The number of ether oxygens (including phenoxy) is 1. The summed E-state index contributed by atoms with van der Waals surface area (Å²) in [5, 5.41) is 8.90. The number of nitriles is 1. The van der Waals surface area contributed by atoms with E-state index < -0.39 is 5.97 Å². The molecule has 5 heteroatoms. The van der Waals surface area contributed by atoms with Crippen LogP contribution in [-0.2, 0) is 11.3 Å². The summed E-state index contributed by atoms with van der Waals surface area (Å²) in [7, 11) is 3.02. The summed E-state index contributed by atoms with van der Waals surface area (Å²) in [5.41, 5.74) is 2.28. The minimum absolute atomic E-state index is 0.167. The number of hydrogen-bond donors (Lipinski definition) is 0. The molecule has 2 aromatic rings. The molecule has 0 fully saturated rings. The van der Waals surface area contributed by atoms with Gasteiger partial charge in [-0.2, -0.15) is 5.26 Å². The van der Waals surface area contributed by atoms with Crippen molar-refractivity contribution in [1.82, 2.24) is 4.90 Å². The van der Waals surface area contributed by atoms with E-state index in [9.17, 15) is 9.59 Å². The molecule has 0 aliphatic carbocycles. The number of benzene rings is 2. The van der Waals surface area contributed by atoms with Crippen molar-refractivity contribution in [3.8, 4) is 6.07 Å². The number of nitrogens with zero attached hydrogens (tertiary/aromatic N) is 2. The van der Waals surface area contributed by atoms with Crippen LogP contribution in [0.15, 0.2) is 48.5 Å². The van der Waals surface area contributed by atoms with Crippen molar-refractivity contribution in [2.75, 3.05) is 14.2 Å². The maximum atomic E-state index is 12.4. The second-order valence-corrected chi connectivity index (χ2v) is 5.04. The predicted molar refractivity (Wildman–Crippen MR) is 84.7 cm³/mol. The molecule has 0 N–H and O–H groups in total. The van der Waals surface area contributed by atoms with Crippen LogP contribution in [0.5, 0.6) is 0 Å². The highest BCUT2D eigenvalue weighted by Gasteiger charge is 2.13. The molecule has 116 valence electrons. The van der Waals surface area contributed by atoms with E-state index in [-0.39, 0.29) is 5.91 Å². The Balaban J connectivity index is 2.09. The zero-order valence-electron chi connectivity index (χ0n) is 12.9. The van der Waals surface area contributed by atoms with Crippen molar-refractivity contribution >= 4 is 11.9 Å². The van der Waals surface area contributed by atoms with E-state index in [1.54, 1.807) is 60.5 Å². The number of esters is 1. The average molecular weight is 308 g/mol. The van der Waals surface area contributed by atoms with Gasteiger partial charge in [-0.05, 0) is 35.9 Å². The van der Waals surface area contributed by atoms with E-state index >= 15 is 0 Å². The molecule has 0 spiro atoms. The highest BCUT2D eigenvalue weighted by molar-refractivity contribution is 5.94. The molecule has 0 aromatic heterocycles. The number of rotatable bonds is 4. The summed E-state index contributed by atoms with van der Waals surface area (Å²) in [6, 6.07) is 15.5. The Kier molecular flexibility index (Phi) is 5.11. The molecular formula is C18H16N2O3. The maximum absolute atomic E-state index is 12.4. The first-order chi connectivity index (χ1) is 11.0. The molecule has 0 radical (unpaired) electrons. The standard InChI is InChI=1S/C18H16N2O3/c1-20(17(21)16-5-3-4-14(10-16)11-19)12-13-6-8-15(9-7-13)18(22)23-2/h3-10H,12H2,1-2H3. The van der Waals surface area contributed by atoms with Gasteiger partial charge in [0.1, 0.15) is 0 Å². The van der Waals surface area contributed by atoms with Crippen molar-refractivity contribution in [2.24, 2.45) is 0 Å². The fourth-order valence-corrected chi connectivity index (χ4v) is 2.15. The molecule has 5 nitrogen and oxygen atoms in total. The Labute approximate surface area is 134 Å². The molecule has 2 aromatic carbocycles. The van der Waals surface area contributed by atoms with Gasteiger partial charge in [0.2, 0.25) is 0 Å². The minimum Gasteiger partial charge on any atom is -0.465 e. The summed E-state index contributed by atoms with van der Waals surface area (Å²) < 4.78 is 4.65. The molecular weight excluding hydrogens is 292 g/mol. The lowest BCUT2D eigenvalue weighted by Crippen LogP contribution is -2.26. The molecule has 1 amide bonds. The highest BCUT2D eigenvalue weighted by atomic mass is 16.5. The van der Waals surface area contributed by atoms with Crippen molar-refractivity contribution < 1.29 is 14.3 Å². The van der Waals surface area contributed by atoms with Crippen LogP contribution in [0.25, 0.3) is 0 Å². The second-order valence-electron chi connectivity index (χ2n) is 5.04. The molecule has 2 rings (SSSR count).